The molecule has 1 aliphatic heterocycles. The van der Waals surface area contributed by atoms with Crippen LogP contribution in [0.3, 0.4) is 0 Å². The number of benzene rings is 1. The fourth-order valence-electron chi connectivity index (χ4n) is 2.99. The molecule has 3 rings (SSSR count). The van der Waals surface area contributed by atoms with Gasteiger partial charge in [0.1, 0.15) is 12.4 Å². The van der Waals surface area contributed by atoms with Crippen LogP contribution in [-0.4, -0.2) is 56.9 Å². The van der Waals surface area contributed by atoms with Crippen LogP contribution in [0.1, 0.15) is 17.7 Å². The van der Waals surface area contributed by atoms with Crippen molar-refractivity contribution < 1.29 is 18.7 Å². The standard InChI is InChI=1S/C21H29N3O4/c25-21(22-9-2-13-27-17-20-3-1-14-28-20)23-19-6-4-18(5-7-19)8-10-24-11-15-26-16-12-24/h1,3-7,14H,2,8-13,15-17H2,(H2,22,23,25). The minimum absolute atomic E-state index is 0.202. The summed E-state index contributed by atoms with van der Waals surface area (Å²) in [5, 5.41) is 5.69. The van der Waals surface area contributed by atoms with Gasteiger partial charge in [0.25, 0.3) is 0 Å². The summed E-state index contributed by atoms with van der Waals surface area (Å²) in [6.45, 7) is 6.29. The molecule has 0 unspecified atom stereocenters. The summed E-state index contributed by atoms with van der Waals surface area (Å²) in [6.07, 6.45) is 3.38. The number of hydrogen-bond donors (Lipinski definition) is 2. The maximum Gasteiger partial charge on any atom is 0.319 e. The van der Waals surface area contributed by atoms with Crippen LogP contribution in [0, 0.1) is 0 Å². The Bertz CT molecular complexity index is 682. The zero-order valence-electron chi connectivity index (χ0n) is 16.2. The molecule has 0 bridgehead atoms. The number of nitrogens with zero attached hydrogens (tertiary/aromatic N) is 1. The molecule has 1 aromatic heterocycles. The van der Waals surface area contributed by atoms with E-state index >= 15 is 0 Å². The van der Waals surface area contributed by atoms with Crippen molar-refractivity contribution >= 4 is 11.7 Å². The summed E-state index contributed by atoms with van der Waals surface area (Å²) in [5.74, 6) is 0.805. The maximum atomic E-state index is 12.0. The van der Waals surface area contributed by atoms with Gasteiger partial charge in [-0.15, -0.1) is 0 Å². The van der Waals surface area contributed by atoms with Gasteiger partial charge in [0.05, 0.1) is 19.5 Å². The number of ether oxygens (including phenoxy) is 2. The summed E-state index contributed by atoms with van der Waals surface area (Å²) in [5.41, 5.74) is 2.06. The first kappa shape index (κ1) is 20.4. The van der Waals surface area contributed by atoms with Gasteiger partial charge in [0.15, 0.2) is 0 Å². The van der Waals surface area contributed by atoms with Crippen molar-refractivity contribution in [3.63, 3.8) is 0 Å². The number of anilines is 1. The molecule has 2 amide bonds. The van der Waals surface area contributed by atoms with Crippen molar-refractivity contribution in [3.05, 3.63) is 54.0 Å². The average molecular weight is 387 g/mol. The molecule has 0 radical (unpaired) electrons. The van der Waals surface area contributed by atoms with E-state index in [2.05, 4.69) is 27.7 Å². The Morgan fingerprint density at radius 2 is 1.96 bits per heavy atom. The second kappa shape index (κ2) is 11.5. The predicted octanol–water partition coefficient (Wildman–Crippen LogP) is 2.88. The van der Waals surface area contributed by atoms with Crippen molar-refractivity contribution in [3.8, 4) is 0 Å². The topological polar surface area (TPSA) is 76.0 Å². The largest absolute Gasteiger partial charge is 0.467 e. The number of carbonyl (C=O) groups excluding carboxylic acids is 1. The van der Waals surface area contributed by atoms with E-state index in [9.17, 15) is 4.79 Å². The fraction of sp³-hybridized carbons (Fsp3) is 0.476. The smallest absolute Gasteiger partial charge is 0.319 e. The summed E-state index contributed by atoms with van der Waals surface area (Å²) in [7, 11) is 0. The third-order valence-electron chi connectivity index (χ3n) is 4.61. The lowest BCUT2D eigenvalue weighted by atomic mass is 10.1. The Hall–Kier alpha value is -2.35. The van der Waals surface area contributed by atoms with Crippen LogP contribution in [-0.2, 0) is 22.5 Å². The second-order valence-corrected chi connectivity index (χ2v) is 6.77. The summed E-state index contributed by atoms with van der Waals surface area (Å²) < 4.78 is 16.0. The second-order valence-electron chi connectivity index (χ2n) is 6.77. The van der Waals surface area contributed by atoms with E-state index in [1.165, 1.54) is 5.56 Å². The predicted molar refractivity (Wildman–Crippen MR) is 107 cm³/mol. The van der Waals surface area contributed by atoms with E-state index in [1.807, 2.05) is 24.3 Å². The van der Waals surface area contributed by atoms with Gasteiger partial charge in [0.2, 0.25) is 0 Å². The first-order valence-corrected chi connectivity index (χ1v) is 9.83. The Balaban J connectivity index is 1.26. The summed E-state index contributed by atoms with van der Waals surface area (Å²) >= 11 is 0. The quantitative estimate of drug-likeness (QED) is 0.613. The highest BCUT2D eigenvalue weighted by Crippen LogP contribution is 2.11. The van der Waals surface area contributed by atoms with Crippen molar-refractivity contribution in [2.45, 2.75) is 19.4 Å². The summed E-state index contributed by atoms with van der Waals surface area (Å²) in [6, 6.07) is 11.5. The van der Waals surface area contributed by atoms with Gasteiger partial charge in [-0.1, -0.05) is 12.1 Å². The Morgan fingerprint density at radius 3 is 2.71 bits per heavy atom. The molecule has 7 nitrogen and oxygen atoms in total. The van der Waals surface area contributed by atoms with E-state index < -0.39 is 0 Å². The number of carbonyl (C=O) groups is 1. The molecule has 7 heteroatoms. The van der Waals surface area contributed by atoms with Crippen LogP contribution in [0.4, 0.5) is 10.5 Å². The van der Waals surface area contributed by atoms with Crippen LogP contribution in [0.2, 0.25) is 0 Å². The van der Waals surface area contributed by atoms with E-state index in [0.29, 0.717) is 19.8 Å². The minimum atomic E-state index is -0.202. The van der Waals surface area contributed by atoms with Crippen LogP contribution in [0.25, 0.3) is 0 Å². The molecule has 1 saturated heterocycles. The van der Waals surface area contributed by atoms with Crippen molar-refractivity contribution in [1.29, 1.82) is 0 Å². The molecule has 2 aromatic rings. The number of morpholine rings is 1. The molecule has 1 aromatic carbocycles. The lowest BCUT2D eigenvalue weighted by molar-refractivity contribution is 0.0384. The van der Waals surface area contributed by atoms with Crippen molar-refractivity contribution in [1.82, 2.24) is 10.2 Å². The van der Waals surface area contributed by atoms with Crippen molar-refractivity contribution in [2.24, 2.45) is 0 Å². The number of urea groups is 1. The van der Waals surface area contributed by atoms with Gasteiger partial charge in [-0.25, -0.2) is 4.79 Å². The third kappa shape index (κ3) is 7.34. The molecule has 28 heavy (non-hydrogen) atoms. The van der Waals surface area contributed by atoms with Crippen LogP contribution < -0.4 is 10.6 Å². The van der Waals surface area contributed by atoms with Crippen LogP contribution in [0.15, 0.2) is 47.1 Å². The lowest BCUT2D eigenvalue weighted by Crippen LogP contribution is -2.37. The van der Waals surface area contributed by atoms with Gasteiger partial charge in [-0.3, -0.25) is 4.90 Å². The molecule has 0 spiro atoms. The number of hydrogen-bond acceptors (Lipinski definition) is 5. The van der Waals surface area contributed by atoms with E-state index in [-0.39, 0.29) is 6.03 Å². The molecule has 2 N–H and O–H groups in total. The third-order valence-corrected chi connectivity index (χ3v) is 4.61. The first-order valence-electron chi connectivity index (χ1n) is 9.83. The zero-order valence-corrected chi connectivity index (χ0v) is 16.2. The van der Waals surface area contributed by atoms with E-state index in [1.54, 1.807) is 6.26 Å². The van der Waals surface area contributed by atoms with E-state index in [4.69, 9.17) is 13.9 Å². The monoisotopic (exact) mass is 387 g/mol. The Kier molecular flexibility index (Phi) is 8.36. The van der Waals surface area contributed by atoms with Gasteiger partial charge >= 0.3 is 6.03 Å². The highest BCUT2D eigenvalue weighted by molar-refractivity contribution is 5.89. The zero-order chi connectivity index (χ0) is 19.4. The maximum absolute atomic E-state index is 12.0. The molecule has 1 aliphatic rings. The number of rotatable bonds is 10. The number of furan rings is 1. The molecule has 0 aliphatic carbocycles. The summed E-state index contributed by atoms with van der Waals surface area (Å²) in [4.78, 5) is 14.4. The molecule has 1 fully saturated rings. The van der Waals surface area contributed by atoms with Gasteiger partial charge in [-0.05, 0) is 42.7 Å². The van der Waals surface area contributed by atoms with Crippen LogP contribution in [0.5, 0.6) is 0 Å². The van der Waals surface area contributed by atoms with E-state index in [0.717, 1.165) is 57.1 Å². The molecular weight excluding hydrogens is 358 g/mol. The molecule has 0 saturated carbocycles. The molecule has 0 atom stereocenters. The van der Waals surface area contributed by atoms with Gasteiger partial charge in [-0.2, -0.15) is 0 Å². The Labute approximate surface area is 166 Å². The van der Waals surface area contributed by atoms with Crippen molar-refractivity contribution in [2.75, 3.05) is 51.3 Å². The number of nitrogens with one attached hydrogen (secondary N) is 2. The minimum Gasteiger partial charge on any atom is -0.467 e. The Morgan fingerprint density at radius 1 is 1.14 bits per heavy atom. The van der Waals surface area contributed by atoms with Crippen LogP contribution >= 0.6 is 0 Å². The lowest BCUT2D eigenvalue weighted by Gasteiger charge is -2.26. The SMILES string of the molecule is O=C(NCCCOCc1ccco1)Nc1ccc(CCN2CCOCC2)cc1. The van der Waals surface area contributed by atoms with Gasteiger partial charge in [0, 0.05) is 38.5 Å². The number of amides is 2. The molecule has 2 heterocycles. The normalized spacial score (nSPS) is 14.7. The fourth-order valence-corrected chi connectivity index (χ4v) is 2.99. The van der Waals surface area contributed by atoms with Gasteiger partial charge < -0.3 is 24.5 Å². The highest BCUT2D eigenvalue weighted by Gasteiger charge is 2.09. The highest BCUT2D eigenvalue weighted by atomic mass is 16.5. The molecule has 152 valence electrons. The molecular formula is C21H29N3O4. The first-order chi connectivity index (χ1) is 13.8. The average Bonchev–Trinajstić information content (AvgIpc) is 3.24.